The number of carbonyl (C=O) groups is 2. The van der Waals surface area contributed by atoms with Crippen LogP contribution in [0.15, 0.2) is 59.1 Å². The molecule has 0 aliphatic heterocycles. The highest BCUT2D eigenvalue weighted by Crippen LogP contribution is 2.25. The van der Waals surface area contributed by atoms with Crippen molar-refractivity contribution in [1.82, 2.24) is 25.1 Å². The fraction of sp³-hybridized carbons (Fsp3) is 0.240. The topological polar surface area (TPSA) is 111 Å². The normalized spacial score (nSPS) is 10.8. The summed E-state index contributed by atoms with van der Waals surface area (Å²) in [6.45, 7) is 4.00. The summed E-state index contributed by atoms with van der Waals surface area (Å²) in [7, 11) is 1.79. The molecule has 0 saturated heterocycles. The number of carbonyl (C=O) groups excluding carboxylic acids is 2. The van der Waals surface area contributed by atoms with Crippen LogP contribution in [0.25, 0.3) is 11.3 Å². The van der Waals surface area contributed by atoms with E-state index in [0.717, 1.165) is 28.1 Å². The SMILES string of the molecule is Cc1cccc(C)c1OCC(=O)NCc1nnc(SCC(=O)Nc2nc(-c3ccccc3)cs2)n1C. The third-order valence-electron chi connectivity index (χ3n) is 5.28. The van der Waals surface area contributed by atoms with Gasteiger partial charge in [-0.05, 0) is 25.0 Å². The van der Waals surface area contributed by atoms with Crippen LogP contribution in [0.3, 0.4) is 0 Å². The summed E-state index contributed by atoms with van der Waals surface area (Å²) in [5.41, 5.74) is 3.78. The largest absolute Gasteiger partial charge is 0.483 e. The molecule has 0 fully saturated rings. The van der Waals surface area contributed by atoms with E-state index in [1.807, 2.05) is 67.8 Å². The Kier molecular flexibility index (Phi) is 8.34. The van der Waals surface area contributed by atoms with Gasteiger partial charge >= 0.3 is 0 Å². The number of nitrogens with one attached hydrogen (secondary N) is 2. The van der Waals surface area contributed by atoms with Crippen LogP contribution in [-0.2, 0) is 23.2 Å². The maximum absolute atomic E-state index is 12.4. The molecule has 0 unspecified atom stereocenters. The van der Waals surface area contributed by atoms with Crippen LogP contribution in [0.4, 0.5) is 5.13 Å². The Balaban J connectivity index is 1.23. The second-order valence-corrected chi connectivity index (χ2v) is 9.79. The fourth-order valence-electron chi connectivity index (χ4n) is 3.38. The number of aryl methyl sites for hydroxylation is 2. The highest BCUT2D eigenvalue weighted by atomic mass is 32.2. The van der Waals surface area contributed by atoms with Crippen LogP contribution >= 0.6 is 23.1 Å². The summed E-state index contributed by atoms with van der Waals surface area (Å²) >= 11 is 2.64. The third kappa shape index (κ3) is 6.49. The van der Waals surface area contributed by atoms with E-state index in [1.165, 1.54) is 23.1 Å². The molecule has 186 valence electrons. The van der Waals surface area contributed by atoms with Gasteiger partial charge in [0.1, 0.15) is 5.75 Å². The molecular formula is C25H26N6O3S2. The molecule has 0 radical (unpaired) electrons. The Morgan fingerprint density at radius 1 is 1.03 bits per heavy atom. The number of benzene rings is 2. The van der Waals surface area contributed by atoms with Crippen molar-refractivity contribution in [2.24, 2.45) is 7.05 Å². The van der Waals surface area contributed by atoms with Crippen molar-refractivity contribution in [2.75, 3.05) is 17.7 Å². The van der Waals surface area contributed by atoms with Gasteiger partial charge in [-0.1, -0.05) is 60.3 Å². The number of ether oxygens (including phenoxy) is 1. The molecule has 2 aromatic heterocycles. The maximum Gasteiger partial charge on any atom is 0.258 e. The Morgan fingerprint density at radius 2 is 1.78 bits per heavy atom. The molecular weight excluding hydrogens is 496 g/mol. The average molecular weight is 523 g/mol. The first kappa shape index (κ1) is 25.4. The minimum absolute atomic E-state index is 0.0892. The van der Waals surface area contributed by atoms with Crippen molar-refractivity contribution in [3.05, 3.63) is 70.9 Å². The lowest BCUT2D eigenvalue weighted by Crippen LogP contribution is -2.29. The molecule has 0 aliphatic carbocycles. The maximum atomic E-state index is 12.4. The van der Waals surface area contributed by atoms with E-state index >= 15 is 0 Å². The minimum Gasteiger partial charge on any atom is -0.483 e. The fourth-order valence-corrected chi connectivity index (χ4v) is 4.84. The van der Waals surface area contributed by atoms with E-state index < -0.39 is 0 Å². The van der Waals surface area contributed by atoms with Gasteiger partial charge < -0.3 is 19.9 Å². The molecule has 0 aliphatic rings. The molecule has 2 amide bonds. The summed E-state index contributed by atoms with van der Waals surface area (Å²) in [5.74, 6) is 1.01. The molecule has 2 heterocycles. The second kappa shape index (κ2) is 11.8. The molecule has 4 rings (SSSR count). The number of amides is 2. The number of thioether (sulfide) groups is 1. The van der Waals surface area contributed by atoms with Crippen LogP contribution in [0.5, 0.6) is 5.75 Å². The van der Waals surface area contributed by atoms with Crippen molar-refractivity contribution in [3.63, 3.8) is 0 Å². The van der Waals surface area contributed by atoms with Gasteiger partial charge in [0, 0.05) is 18.0 Å². The molecule has 11 heteroatoms. The van der Waals surface area contributed by atoms with Gasteiger partial charge in [0.25, 0.3) is 5.91 Å². The monoisotopic (exact) mass is 522 g/mol. The van der Waals surface area contributed by atoms with Gasteiger partial charge in [-0.25, -0.2) is 4.98 Å². The summed E-state index contributed by atoms with van der Waals surface area (Å²) in [4.78, 5) is 29.1. The zero-order valence-electron chi connectivity index (χ0n) is 20.1. The van der Waals surface area contributed by atoms with E-state index in [9.17, 15) is 9.59 Å². The lowest BCUT2D eigenvalue weighted by molar-refractivity contribution is -0.123. The van der Waals surface area contributed by atoms with Crippen LogP contribution in [0.1, 0.15) is 17.0 Å². The Bertz CT molecular complexity index is 1330. The number of thiazole rings is 1. The predicted octanol–water partition coefficient (Wildman–Crippen LogP) is 3.98. The van der Waals surface area contributed by atoms with Crippen molar-refractivity contribution < 1.29 is 14.3 Å². The minimum atomic E-state index is -0.257. The van der Waals surface area contributed by atoms with E-state index in [4.69, 9.17) is 4.74 Å². The summed E-state index contributed by atoms with van der Waals surface area (Å²) in [6, 6.07) is 15.6. The molecule has 0 bridgehead atoms. The first-order chi connectivity index (χ1) is 17.4. The molecule has 0 spiro atoms. The molecule has 36 heavy (non-hydrogen) atoms. The Labute approximate surface area is 217 Å². The van der Waals surface area contributed by atoms with E-state index in [2.05, 4.69) is 25.8 Å². The Morgan fingerprint density at radius 3 is 2.53 bits per heavy atom. The zero-order valence-corrected chi connectivity index (χ0v) is 21.8. The Hall–Kier alpha value is -3.70. The number of nitrogens with zero attached hydrogens (tertiary/aromatic N) is 4. The van der Waals surface area contributed by atoms with Crippen molar-refractivity contribution in [3.8, 4) is 17.0 Å². The lowest BCUT2D eigenvalue weighted by atomic mass is 10.1. The second-order valence-electron chi connectivity index (χ2n) is 7.98. The van der Waals surface area contributed by atoms with Crippen molar-refractivity contribution >= 4 is 40.0 Å². The van der Waals surface area contributed by atoms with Crippen molar-refractivity contribution in [2.45, 2.75) is 25.5 Å². The van der Waals surface area contributed by atoms with E-state index in [0.29, 0.717) is 16.1 Å². The van der Waals surface area contributed by atoms with Gasteiger partial charge in [0.2, 0.25) is 5.91 Å². The first-order valence-electron chi connectivity index (χ1n) is 11.2. The zero-order chi connectivity index (χ0) is 25.5. The number of aromatic nitrogens is 4. The molecule has 0 saturated carbocycles. The van der Waals surface area contributed by atoms with Gasteiger partial charge in [-0.2, -0.15) is 0 Å². The number of hydrogen-bond donors (Lipinski definition) is 2. The van der Waals surface area contributed by atoms with Gasteiger partial charge in [0.05, 0.1) is 18.0 Å². The number of hydrogen-bond acceptors (Lipinski definition) is 8. The van der Waals surface area contributed by atoms with Gasteiger partial charge in [-0.3, -0.25) is 9.59 Å². The number of para-hydroxylation sites is 1. The predicted molar refractivity (Wildman–Crippen MR) is 141 cm³/mol. The van der Waals surface area contributed by atoms with Crippen LogP contribution in [0, 0.1) is 13.8 Å². The summed E-state index contributed by atoms with van der Waals surface area (Å²) in [6.07, 6.45) is 0. The number of anilines is 1. The van der Waals surface area contributed by atoms with E-state index in [1.54, 1.807) is 11.6 Å². The van der Waals surface area contributed by atoms with Crippen LogP contribution in [0.2, 0.25) is 0 Å². The van der Waals surface area contributed by atoms with Gasteiger partial charge in [0.15, 0.2) is 22.7 Å². The highest BCUT2D eigenvalue weighted by molar-refractivity contribution is 7.99. The number of rotatable bonds is 10. The van der Waals surface area contributed by atoms with Crippen molar-refractivity contribution in [1.29, 1.82) is 0 Å². The van der Waals surface area contributed by atoms with Crippen LogP contribution in [-0.4, -0.2) is 43.9 Å². The molecule has 0 atom stereocenters. The first-order valence-corrected chi connectivity index (χ1v) is 13.0. The quantitative estimate of drug-likeness (QED) is 0.303. The van der Waals surface area contributed by atoms with Gasteiger partial charge in [-0.15, -0.1) is 21.5 Å². The van der Waals surface area contributed by atoms with E-state index in [-0.39, 0.29) is 30.7 Å². The molecule has 4 aromatic rings. The molecule has 9 nitrogen and oxygen atoms in total. The van der Waals surface area contributed by atoms with Crippen LogP contribution < -0.4 is 15.4 Å². The molecule has 2 N–H and O–H groups in total. The summed E-state index contributed by atoms with van der Waals surface area (Å²) in [5, 5.41) is 16.9. The molecule has 2 aromatic carbocycles. The smallest absolute Gasteiger partial charge is 0.258 e. The standard InChI is InChI=1S/C25H26N6O3S2/c1-16-8-7-9-17(2)23(16)34-13-21(32)26-12-20-29-30-25(31(20)3)36-15-22(33)28-24-27-19(14-35-24)18-10-5-4-6-11-18/h4-11,14H,12-13,15H2,1-3H3,(H,26,32)(H,27,28,33). The third-order valence-corrected chi connectivity index (χ3v) is 7.06. The average Bonchev–Trinajstić information content (AvgIpc) is 3.48. The lowest BCUT2D eigenvalue weighted by Gasteiger charge is -2.12. The summed E-state index contributed by atoms with van der Waals surface area (Å²) < 4.78 is 7.44. The highest BCUT2D eigenvalue weighted by Gasteiger charge is 2.14.